The van der Waals surface area contributed by atoms with Crippen molar-refractivity contribution in [1.29, 1.82) is 0 Å². The Labute approximate surface area is 215 Å². The zero-order valence-corrected chi connectivity index (χ0v) is 20.2. The fraction of sp³-hybridized carbons (Fsp3) is 0.269. The Morgan fingerprint density at radius 3 is 2.47 bits per heavy atom. The summed E-state index contributed by atoms with van der Waals surface area (Å²) in [6, 6.07) is 11.4. The molecule has 2 heterocycles. The van der Waals surface area contributed by atoms with E-state index >= 15 is 0 Å². The number of amides is 2. The maximum absolute atomic E-state index is 13.5. The Hall–Kier alpha value is -4.03. The van der Waals surface area contributed by atoms with Gasteiger partial charge in [-0.05, 0) is 43.3 Å². The number of rotatable bonds is 7. The minimum absolute atomic E-state index is 0.0868. The molecule has 200 valence electrons. The molecule has 3 aromatic rings. The Bertz CT molecular complexity index is 1300. The van der Waals surface area contributed by atoms with Crippen molar-refractivity contribution < 1.29 is 36.6 Å². The number of carbonyl (C=O) groups is 2. The summed E-state index contributed by atoms with van der Waals surface area (Å²) < 4.78 is 61.1. The van der Waals surface area contributed by atoms with Crippen LogP contribution in [-0.2, 0) is 9.53 Å². The molecule has 2 aromatic carbocycles. The number of aromatic nitrogens is 1. The van der Waals surface area contributed by atoms with Crippen molar-refractivity contribution in [3.8, 4) is 17.0 Å². The van der Waals surface area contributed by atoms with Crippen LogP contribution in [0.25, 0.3) is 11.3 Å². The zero-order valence-electron chi connectivity index (χ0n) is 20.2. The topological polar surface area (TPSA) is 92.8 Å². The second-order valence-corrected chi connectivity index (χ2v) is 8.47. The van der Waals surface area contributed by atoms with Crippen LogP contribution in [-0.4, -0.2) is 60.4 Å². The van der Waals surface area contributed by atoms with E-state index in [-0.39, 0.29) is 16.9 Å². The summed E-state index contributed by atoms with van der Waals surface area (Å²) in [4.78, 5) is 32.1. The lowest BCUT2D eigenvalue weighted by molar-refractivity contribution is -0.274. The van der Waals surface area contributed by atoms with Gasteiger partial charge in [-0.2, -0.15) is 0 Å². The van der Waals surface area contributed by atoms with E-state index in [1.54, 1.807) is 31.2 Å². The van der Waals surface area contributed by atoms with E-state index in [4.69, 9.17) is 4.74 Å². The summed E-state index contributed by atoms with van der Waals surface area (Å²) in [7, 11) is 0. The van der Waals surface area contributed by atoms with Gasteiger partial charge in [0.05, 0.1) is 48.1 Å². The molecule has 2 N–H and O–H groups in total. The molecule has 4 rings (SSSR count). The number of alkyl halides is 3. The van der Waals surface area contributed by atoms with Crippen LogP contribution in [0, 0.1) is 5.82 Å². The fourth-order valence-corrected chi connectivity index (χ4v) is 3.87. The van der Waals surface area contributed by atoms with Gasteiger partial charge >= 0.3 is 6.36 Å². The molecule has 0 spiro atoms. The summed E-state index contributed by atoms with van der Waals surface area (Å²) in [6.07, 6.45) is -3.60. The molecular weight excluding hydrogens is 508 g/mol. The van der Waals surface area contributed by atoms with E-state index in [1.807, 2.05) is 4.90 Å². The fourth-order valence-electron chi connectivity index (χ4n) is 3.87. The largest absolute Gasteiger partial charge is 0.573 e. The van der Waals surface area contributed by atoms with E-state index in [0.717, 1.165) is 18.2 Å². The first-order valence-corrected chi connectivity index (χ1v) is 11.6. The van der Waals surface area contributed by atoms with Crippen molar-refractivity contribution >= 4 is 23.2 Å². The Kier molecular flexibility index (Phi) is 8.23. The van der Waals surface area contributed by atoms with Crippen LogP contribution in [0.4, 0.5) is 28.9 Å². The molecular formula is C26H24F4N4O4. The van der Waals surface area contributed by atoms with Gasteiger partial charge in [-0.3, -0.25) is 19.5 Å². The smallest absolute Gasteiger partial charge is 0.406 e. The summed E-state index contributed by atoms with van der Waals surface area (Å²) in [5.41, 5.74) is 1.06. The van der Waals surface area contributed by atoms with Crippen molar-refractivity contribution in [3.05, 3.63) is 72.2 Å². The molecule has 12 heteroatoms. The van der Waals surface area contributed by atoms with Gasteiger partial charge in [-0.1, -0.05) is 12.1 Å². The Morgan fingerprint density at radius 2 is 1.82 bits per heavy atom. The molecule has 0 saturated carbocycles. The molecule has 1 saturated heterocycles. The molecule has 8 nitrogen and oxygen atoms in total. The number of morpholine rings is 1. The highest BCUT2D eigenvalue weighted by molar-refractivity contribution is 6.10. The first-order chi connectivity index (χ1) is 18.1. The molecule has 1 aromatic heterocycles. The number of halogens is 4. The van der Waals surface area contributed by atoms with E-state index in [9.17, 15) is 27.2 Å². The molecule has 1 aliphatic heterocycles. The van der Waals surface area contributed by atoms with E-state index in [1.165, 1.54) is 18.3 Å². The number of hydrogen-bond donors (Lipinski definition) is 2. The van der Waals surface area contributed by atoms with Crippen LogP contribution in [0.15, 0.2) is 60.8 Å². The van der Waals surface area contributed by atoms with E-state index in [0.29, 0.717) is 37.6 Å². The highest BCUT2D eigenvalue weighted by Crippen LogP contribution is 2.29. The van der Waals surface area contributed by atoms with Crippen molar-refractivity contribution in [3.63, 3.8) is 0 Å². The molecule has 1 unspecified atom stereocenters. The molecule has 1 atom stereocenters. The number of pyridine rings is 1. The van der Waals surface area contributed by atoms with Crippen molar-refractivity contribution in [2.75, 3.05) is 36.9 Å². The average Bonchev–Trinajstić information content (AvgIpc) is 2.88. The number of ether oxygens (including phenoxy) is 2. The van der Waals surface area contributed by atoms with Crippen molar-refractivity contribution in [2.45, 2.75) is 19.3 Å². The lowest BCUT2D eigenvalue weighted by atomic mass is 10.1. The number of benzene rings is 2. The highest BCUT2D eigenvalue weighted by Gasteiger charge is 2.32. The van der Waals surface area contributed by atoms with Crippen molar-refractivity contribution in [2.24, 2.45) is 0 Å². The van der Waals surface area contributed by atoms with Gasteiger partial charge in [0.25, 0.3) is 5.91 Å². The third-order valence-electron chi connectivity index (χ3n) is 5.84. The number of hydrogen-bond acceptors (Lipinski definition) is 6. The van der Waals surface area contributed by atoms with Crippen LogP contribution in [0.1, 0.15) is 17.3 Å². The SMILES string of the molecule is CC(C(=O)Nc1cc(OC(F)(F)F)ccc1C(=O)Nc1ccc(-c2cccc(F)c2)nc1)N1CCOCC1. The lowest BCUT2D eigenvalue weighted by Gasteiger charge is -2.31. The standard InChI is InChI=1S/C26H24F4N4O4/c1-16(34-9-11-37-12-10-34)24(35)33-23-14-20(38-26(28,29)30)6-7-21(23)25(36)32-19-5-8-22(31-15-19)17-3-2-4-18(27)13-17/h2-8,13-16H,9-12H2,1H3,(H,32,36)(H,33,35). The molecule has 0 radical (unpaired) electrons. The molecule has 0 bridgehead atoms. The van der Waals surface area contributed by atoms with E-state index < -0.39 is 35.8 Å². The summed E-state index contributed by atoms with van der Waals surface area (Å²) in [6.45, 7) is 3.58. The summed E-state index contributed by atoms with van der Waals surface area (Å²) in [5.74, 6) is -2.22. The molecule has 2 amide bonds. The minimum Gasteiger partial charge on any atom is -0.406 e. The van der Waals surface area contributed by atoms with Gasteiger partial charge in [-0.15, -0.1) is 13.2 Å². The summed E-state index contributed by atoms with van der Waals surface area (Å²) >= 11 is 0. The number of nitrogens with one attached hydrogen (secondary N) is 2. The Morgan fingerprint density at radius 1 is 1.05 bits per heavy atom. The number of anilines is 2. The highest BCUT2D eigenvalue weighted by atomic mass is 19.4. The molecule has 0 aliphatic carbocycles. The first-order valence-electron chi connectivity index (χ1n) is 11.6. The maximum atomic E-state index is 13.5. The number of carbonyl (C=O) groups excluding carboxylic acids is 2. The first kappa shape index (κ1) is 27.0. The zero-order chi connectivity index (χ0) is 27.3. The van der Waals surface area contributed by atoms with Crippen LogP contribution >= 0.6 is 0 Å². The maximum Gasteiger partial charge on any atom is 0.573 e. The second kappa shape index (κ2) is 11.6. The predicted molar refractivity (Wildman–Crippen MR) is 131 cm³/mol. The van der Waals surface area contributed by atoms with Gasteiger partial charge in [0, 0.05) is 24.7 Å². The van der Waals surface area contributed by atoms with Crippen LogP contribution in [0.5, 0.6) is 5.75 Å². The molecule has 1 fully saturated rings. The van der Waals surface area contributed by atoms with Crippen molar-refractivity contribution in [1.82, 2.24) is 9.88 Å². The second-order valence-electron chi connectivity index (χ2n) is 8.47. The third-order valence-corrected chi connectivity index (χ3v) is 5.84. The number of nitrogens with zero attached hydrogens (tertiary/aromatic N) is 2. The predicted octanol–water partition coefficient (Wildman–Crippen LogP) is 4.70. The van der Waals surface area contributed by atoms with E-state index in [2.05, 4.69) is 20.4 Å². The van der Waals surface area contributed by atoms with Gasteiger partial charge in [-0.25, -0.2) is 4.39 Å². The minimum atomic E-state index is -4.96. The third kappa shape index (κ3) is 7.05. The average molecular weight is 532 g/mol. The molecule has 1 aliphatic rings. The normalized spacial score (nSPS) is 15.0. The van der Waals surface area contributed by atoms with Crippen LogP contribution in [0.2, 0.25) is 0 Å². The summed E-state index contributed by atoms with van der Waals surface area (Å²) in [5, 5.41) is 5.16. The Balaban J connectivity index is 1.54. The van der Waals surface area contributed by atoms with Gasteiger partial charge in [0.2, 0.25) is 5.91 Å². The lowest BCUT2D eigenvalue weighted by Crippen LogP contribution is -2.47. The van der Waals surface area contributed by atoms with Crippen LogP contribution in [0.3, 0.4) is 0 Å². The van der Waals surface area contributed by atoms with Gasteiger partial charge in [0.15, 0.2) is 0 Å². The quantitative estimate of drug-likeness (QED) is 0.429. The van der Waals surface area contributed by atoms with Gasteiger partial charge in [0.1, 0.15) is 11.6 Å². The van der Waals surface area contributed by atoms with Crippen LogP contribution < -0.4 is 15.4 Å². The van der Waals surface area contributed by atoms with Gasteiger partial charge < -0.3 is 20.1 Å². The monoisotopic (exact) mass is 532 g/mol. The molecule has 38 heavy (non-hydrogen) atoms.